The van der Waals surface area contributed by atoms with Gasteiger partial charge in [-0.05, 0) is 45.1 Å². The van der Waals surface area contributed by atoms with Crippen LogP contribution in [0.25, 0.3) is 0 Å². The van der Waals surface area contributed by atoms with Crippen molar-refractivity contribution in [2.45, 2.75) is 59.5 Å². The van der Waals surface area contributed by atoms with E-state index in [0.717, 1.165) is 19.6 Å². The van der Waals surface area contributed by atoms with Crippen LogP contribution in [0.2, 0.25) is 0 Å². The molecule has 1 N–H and O–H groups in total. The molecule has 1 aliphatic heterocycles. The first kappa shape index (κ1) is 15.3. The van der Waals surface area contributed by atoms with E-state index in [2.05, 4.69) is 55.9 Å². The van der Waals surface area contributed by atoms with Gasteiger partial charge in [0.05, 0.1) is 0 Å². The lowest BCUT2D eigenvalue weighted by atomic mass is 9.82. The second kappa shape index (κ2) is 5.72. The van der Waals surface area contributed by atoms with Gasteiger partial charge in [0.25, 0.3) is 0 Å². The fourth-order valence-electron chi connectivity index (χ4n) is 2.54. The van der Waals surface area contributed by atoms with E-state index in [9.17, 15) is 0 Å². The zero-order valence-corrected chi connectivity index (χ0v) is 13.7. The van der Waals surface area contributed by atoms with Gasteiger partial charge in [0, 0.05) is 36.9 Å². The fraction of sp³-hybridized carbons (Fsp3) is 0.706. The minimum atomic E-state index is 0.136. The first-order valence-electron chi connectivity index (χ1n) is 7.71. The molecule has 1 fully saturated rings. The molecule has 0 saturated carbocycles. The molecule has 3 heteroatoms. The van der Waals surface area contributed by atoms with Crippen molar-refractivity contribution in [3.8, 4) is 0 Å². The number of hydrogen-bond acceptors (Lipinski definition) is 3. The molecule has 20 heavy (non-hydrogen) atoms. The molecule has 3 nitrogen and oxygen atoms in total. The highest BCUT2D eigenvalue weighted by Crippen LogP contribution is 2.32. The Bertz CT molecular complexity index is 436. The summed E-state index contributed by atoms with van der Waals surface area (Å²) in [5.74, 6) is 1.17. The zero-order chi connectivity index (χ0) is 14.8. The third kappa shape index (κ3) is 4.20. The van der Waals surface area contributed by atoms with Crippen molar-refractivity contribution in [1.82, 2.24) is 10.3 Å². The summed E-state index contributed by atoms with van der Waals surface area (Å²) >= 11 is 0. The SMILES string of the molecule is CC1(C)CCN(c2ncccc2CNC(C)(C)C)CC1. The van der Waals surface area contributed by atoms with Crippen molar-refractivity contribution in [3.05, 3.63) is 23.9 Å². The smallest absolute Gasteiger partial charge is 0.133 e. The van der Waals surface area contributed by atoms with Crippen LogP contribution in [0.3, 0.4) is 0 Å². The Morgan fingerprint density at radius 2 is 1.90 bits per heavy atom. The Labute approximate surface area is 123 Å². The Hall–Kier alpha value is -1.09. The lowest BCUT2D eigenvalue weighted by Gasteiger charge is -2.38. The van der Waals surface area contributed by atoms with E-state index in [4.69, 9.17) is 0 Å². The normalized spacial score (nSPS) is 19.1. The van der Waals surface area contributed by atoms with Gasteiger partial charge in [0.2, 0.25) is 0 Å². The average molecular weight is 275 g/mol. The molecule has 0 atom stereocenters. The van der Waals surface area contributed by atoms with Crippen LogP contribution in [0.15, 0.2) is 18.3 Å². The van der Waals surface area contributed by atoms with Gasteiger partial charge in [-0.1, -0.05) is 19.9 Å². The number of nitrogens with zero attached hydrogens (tertiary/aromatic N) is 2. The first-order valence-corrected chi connectivity index (χ1v) is 7.71. The molecule has 0 aromatic carbocycles. The number of aromatic nitrogens is 1. The third-order valence-electron chi connectivity index (χ3n) is 4.09. The van der Waals surface area contributed by atoms with Crippen LogP contribution in [0.1, 0.15) is 53.0 Å². The first-order chi connectivity index (χ1) is 9.27. The predicted molar refractivity (Wildman–Crippen MR) is 86.1 cm³/mol. The zero-order valence-electron chi connectivity index (χ0n) is 13.7. The average Bonchev–Trinajstić information content (AvgIpc) is 2.36. The van der Waals surface area contributed by atoms with Gasteiger partial charge in [-0.25, -0.2) is 4.98 Å². The maximum Gasteiger partial charge on any atom is 0.133 e. The molecule has 1 aliphatic rings. The van der Waals surface area contributed by atoms with E-state index in [1.165, 1.54) is 24.2 Å². The largest absolute Gasteiger partial charge is 0.356 e. The molecule has 0 bridgehead atoms. The summed E-state index contributed by atoms with van der Waals surface area (Å²) in [4.78, 5) is 7.09. The van der Waals surface area contributed by atoms with E-state index in [0.29, 0.717) is 5.41 Å². The maximum absolute atomic E-state index is 4.64. The second-order valence-corrected chi connectivity index (χ2v) is 7.74. The number of anilines is 1. The number of piperidine rings is 1. The topological polar surface area (TPSA) is 28.2 Å². The number of rotatable bonds is 3. The van der Waals surface area contributed by atoms with Crippen LogP contribution in [-0.2, 0) is 6.54 Å². The van der Waals surface area contributed by atoms with Gasteiger partial charge in [-0.15, -0.1) is 0 Å². The van der Waals surface area contributed by atoms with Crippen LogP contribution in [-0.4, -0.2) is 23.6 Å². The molecule has 1 aromatic rings. The minimum Gasteiger partial charge on any atom is -0.356 e. The van der Waals surface area contributed by atoms with Gasteiger partial charge in [-0.3, -0.25) is 0 Å². The van der Waals surface area contributed by atoms with Crippen LogP contribution < -0.4 is 10.2 Å². The molecule has 1 aromatic heterocycles. The van der Waals surface area contributed by atoms with Gasteiger partial charge in [0.1, 0.15) is 5.82 Å². The van der Waals surface area contributed by atoms with E-state index >= 15 is 0 Å². The summed E-state index contributed by atoms with van der Waals surface area (Å²) in [6.07, 6.45) is 4.40. The molecule has 1 saturated heterocycles. The highest BCUT2D eigenvalue weighted by Gasteiger charge is 2.27. The summed E-state index contributed by atoms with van der Waals surface area (Å²) in [6, 6.07) is 4.23. The summed E-state index contributed by atoms with van der Waals surface area (Å²) in [5.41, 5.74) is 1.92. The van der Waals surface area contributed by atoms with Crippen LogP contribution in [0.4, 0.5) is 5.82 Å². The van der Waals surface area contributed by atoms with Gasteiger partial charge < -0.3 is 10.2 Å². The van der Waals surface area contributed by atoms with Crippen LogP contribution in [0, 0.1) is 5.41 Å². The molecule has 0 spiro atoms. The standard InChI is InChI=1S/C17H29N3/c1-16(2,3)19-13-14-7-6-10-18-15(14)20-11-8-17(4,5)9-12-20/h6-7,10,19H,8-9,11-13H2,1-5H3. The van der Waals surface area contributed by atoms with Crippen molar-refractivity contribution in [3.63, 3.8) is 0 Å². The monoisotopic (exact) mass is 275 g/mol. The fourth-order valence-corrected chi connectivity index (χ4v) is 2.54. The van der Waals surface area contributed by atoms with Crippen molar-refractivity contribution in [2.75, 3.05) is 18.0 Å². The molecular formula is C17H29N3. The molecule has 2 heterocycles. The number of hydrogen-bond donors (Lipinski definition) is 1. The van der Waals surface area contributed by atoms with E-state index in [-0.39, 0.29) is 5.54 Å². The predicted octanol–water partition coefficient (Wildman–Crippen LogP) is 3.60. The van der Waals surface area contributed by atoms with Crippen molar-refractivity contribution in [2.24, 2.45) is 5.41 Å². The maximum atomic E-state index is 4.64. The molecule has 2 rings (SSSR count). The van der Waals surface area contributed by atoms with Gasteiger partial charge in [0.15, 0.2) is 0 Å². The Morgan fingerprint density at radius 3 is 2.50 bits per heavy atom. The Balaban J connectivity index is 2.08. The molecule has 0 amide bonds. The lowest BCUT2D eigenvalue weighted by molar-refractivity contribution is 0.279. The Morgan fingerprint density at radius 1 is 1.25 bits per heavy atom. The molecular weight excluding hydrogens is 246 g/mol. The summed E-state index contributed by atoms with van der Waals surface area (Å²) in [6.45, 7) is 14.5. The lowest BCUT2D eigenvalue weighted by Crippen LogP contribution is -2.39. The highest BCUT2D eigenvalue weighted by molar-refractivity contribution is 5.47. The van der Waals surface area contributed by atoms with Crippen molar-refractivity contribution < 1.29 is 0 Å². The minimum absolute atomic E-state index is 0.136. The number of nitrogens with one attached hydrogen (secondary N) is 1. The second-order valence-electron chi connectivity index (χ2n) is 7.74. The van der Waals surface area contributed by atoms with Gasteiger partial charge in [-0.2, -0.15) is 0 Å². The van der Waals surface area contributed by atoms with E-state index in [1.807, 2.05) is 12.3 Å². The van der Waals surface area contributed by atoms with E-state index < -0.39 is 0 Å². The van der Waals surface area contributed by atoms with Crippen molar-refractivity contribution >= 4 is 5.82 Å². The van der Waals surface area contributed by atoms with Gasteiger partial charge >= 0.3 is 0 Å². The summed E-state index contributed by atoms with van der Waals surface area (Å²) in [5, 5.41) is 3.57. The molecule has 0 radical (unpaired) electrons. The van der Waals surface area contributed by atoms with Crippen molar-refractivity contribution in [1.29, 1.82) is 0 Å². The Kier molecular flexibility index (Phi) is 4.38. The molecule has 112 valence electrons. The van der Waals surface area contributed by atoms with E-state index in [1.54, 1.807) is 0 Å². The quantitative estimate of drug-likeness (QED) is 0.913. The summed E-state index contributed by atoms with van der Waals surface area (Å²) < 4.78 is 0. The third-order valence-corrected chi connectivity index (χ3v) is 4.09. The summed E-state index contributed by atoms with van der Waals surface area (Å²) in [7, 11) is 0. The molecule has 0 aliphatic carbocycles. The van der Waals surface area contributed by atoms with Crippen LogP contribution >= 0.6 is 0 Å². The van der Waals surface area contributed by atoms with Crippen LogP contribution in [0.5, 0.6) is 0 Å². The highest BCUT2D eigenvalue weighted by atomic mass is 15.2. The molecule has 0 unspecified atom stereocenters. The number of pyridine rings is 1.